The quantitative estimate of drug-likeness (QED) is 0.848. The van der Waals surface area contributed by atoms with Crippen molar-refractivity contribution in [2.45, 2.75) is 38.2 Å². The minimum absolute atomic E-state index is 0.0337. The number of benzene rings is 2. The molecule has 0 aromatic heterocycles. The molecule has 2 amide bonds. The lowest BCUT2D eigenvalue weighted by atomic mass is 10.1. The van der Waals surface area contributed by atoms with Gasteiger partial charge in [0.1, 0.15) is 5.75 Å². The highest BCUT2D eigenvalue weighted by atomic mass is 16.5. The minimum atomic E-state index is -0.828. The molecule has 0 spiro atoms. The van der Waals surface area contributed by atoms with E-state index in [4.69, 9.17) is 4.74 Å². The van der Waals surface area contributed by atoms with E-state index < -0.39 is 6.10 Å². The number of nitrogens with zero attached hydrogens (tertiary/aromatic N) is 1. The first kappa shape index (κ1) is 18.3. The summed E-state index contributed by atoms with van der Waals surface area (Å²) in [6, 6.07) is 15.1. The van der Waals surface area contributed by atoms with E-state index in [1.807, 2.05) is 36.4 Å². The normalized spacial score (nSPS) is 19.1. The van der Waals surface area contributed by atoms with Crippen LogP contribution in [0.4, 0.5) is 17.1 Å². The minimum Gasteiger partial charge on any atom is -0.478 e. The predicted octanol–water partition coefficient (Wildman–Crippen LogP) is 3.80. The summed E-state index contributed by atoms with van der Waals surface area (Å²) in [4.78, 5) is 27.0. The van der Waals surface area contributed by atoms with Crippen LogP contribution in [0.5, 0.6) is 5.75 Å². The van der Waals surface area contributed by atoms with Crippen LogP contribution in [0.15, 0.2) is 48.5 Å². The molecule has 6 nitrogen and oxygen atoms in total. The summed E-state index contributed by atoms with van der Waals surface area (Å²) >= 11 is 0. The molecular weight excluding hydrogens is 354 g/mol. The third-order valence-electron chi connectivity index (χ3n) is 5.20. The lowest BCUT2D eigenvalue weighted by Crippen LogP contribution is -2.39. The standard InChI is InChI=1S/C22H25N3O3/c26-21(15-20-22(27)24-18-7-3-4-8-19(18)28-20)23-16-9-11-17(12-10-16)25-13-5-1-2-6-14-25/h3-4,7-12,20H,1-2,5-6,13-15H2,(H,23,26)(H,24,27)/t20-/m1/s1. The van der Waals surface area contributed by atoms with E-state index in [-0.39, 0.29) is 18.2 Å². The number of carbonyl (C=O) groups is 2. The maximum Gasteiger partial charge on any atom is 0.266 e. The van der Waals surface area contributed by atoms with Gasteiger partial charge in [-0.05, 0) is 49.2 Å². The second-order valence-corrected chi connectivity index (χ2v) is 7.29. The number of ether oxygens (including phenoxy) is 1. The van der Waals surface area contributed by atoms with E-state index in [0.29, 0.717) is 11.4 Å². The van der Waals surface area contributed by atoms with Gasteiger partial charge < -0.3 is 20.3 Å². The summed E-state index contributed by atoms with van der Waals surface area (Å²) in [5, 5.41) is 5.64. The molecule has 0 aliphatic carbocycles. The number of fused-ring (bicyclic) bond motifs is 1. The number of nitrogens with one attached hydrogen (secondary N) is 2. The van der Waals surface area contributed by atoms with Crippen molar-refractivity contribution in [3.05, 3.63) is 48.5 Å². The van der Waals surface area contributed by atoms with Gasteiger partial charge in [-0.1, -0.05) is 25.0 Å². The molecule has 2 aliphatic rings. The summed E-state index contributed by atoms with van der Waals surface area (Å²) in [6.45, 7) is 2.17. The van der Waals surface area contributed by atoms with Gasteiger partial charge in [-0.25, -0.2) is 0 Å². The van der Waals surface area contributed by atoms with Crippen molar-refractivity contribution in [3.63, 3.8) is 0 Å². The molecule has 146 valence electrons. The van der Waals surface area contributed by atoms with Crippen LogP contribution in [0.25, 0.3) is 0 Å². The van der Waals surface area contributed by atoms with Crippen molar-refractivity contribution >= 4 is 28.9 Å². The van der Waals surface area contributed by atoms with Crippen molar-refractivity contribution in [2.75, 3.05) is 28.6 Å². The highest BCUT2D eigenvalue weighted by Crippen LogP contribution is 2.29. The Bertz CT molecular complexity index is 842. The fourth-order valence-corrected chi connectivity index (χ4v) is 3.69. The fraction of sp³-hybridized carbons (Fsp3) is 0.364. The summed E-state index contributed by atoms with van der Waals surface area (Å²) in [7, 11) is 0. The number of rotatable bonds is 4. The molecule has 2 aliphatic heterocycles. The van der Waals surface area contributed by atoms with Crippen LogP contribution in [-0.2, 0) is 9.59 Å². The third kappa shape index (κ3) is 4.27. The van der Waals surface area contributed by atoms with Gasteiger partial charge in [0.15, 0.2) is 6.10 Å². The molecular formula is C22H25N3O3. The van der Waals surface area contributed by atoms with Crippen LogP contribution in [0.3, 0.4) is 0 Å². The smallest absolute Gasteiger partial charge is 0.266 e. The monoisotopic (exact) mass is 379 g/mol. The van der Waals surface area contributed by atoms with E-state index in [1.165, 1.54) is 31.4 Å². The maximum atomic E-state index is 12.4. The zero-order valence-corrected chi connectivity index (χ0v) is 15.8. The lowest BCUT2D eigenvalue weighted by Gasteiger charge is -2.25. The van der Waals surface area contributed by atoms with E-state index in [0.717, 1.165) is 18.8 Å². The summed E-state index contributed by atoms with van der Waals surface area (Å²) in [6.07, 6.45) is 4.19. The number of amides is 2. The van der Waals surface area contributed by atoms with Gasteiger partial charge in [0.2, 0.25) is 5.91 Å². The van der Waals surface area contributed by atoms with Crippen molar-refractivity contribution in [1.29, 1.82) is 0 Å². The average molecular weight is 379 g/mol. The molecule has 2 N–H and O–H groups in total. The first-order valence-electron chi connectivity index (χ1n) is 9.90. The molecule has 2 heterocycles. The molecule has 0 saturated carbocycles. The summed E-state index contributed by atoms with van der Waals surface area (Å²) < 4.78 is 5.68. The lowest BCUT2D eigenvalue weighted by molar-refractivity contribution is -0.128. The molecule has 2 aromatic carbocycles. The SMILES string of the molecule is O=C(C[C@H]1Oc2ccccc2NC1=O)Nc1ccc(N2CCCCCC2)cc1. The van der Waals surface area contributed by atoms with E-state index in [2.05, 4.69) is 15.5 Å². The molecule has 0 bridgehead atoms. The highest BCUT2D eigenvalue weighted by Gasteiger charge is 2.29. The van der Waals surface area contributed by atoms with Crippen molar-refractivity contribution in [2.24, 2.45) is 0 Å². The molecule has 0 radical (unpaired) electrons. The molecule has 1 atom stereocenters. The Morgan fingerprint density at radius 3 is 2.50 bits per heavy atom. The fourth-order valence-electron chi connectivity index (χ4n) is 3.69. The molecule has 0 unspecified atom stereocenters. The Hall–Kier alpha value is -3.02. The zero-order valence-electron chi connectivity index (χ0n) is 15.8. The van der Waals surface area contributed by atoms with Gasteiger partial charge in [-0.15, -0.1) is 0 Å². The van der Waals surface area contributed by atoms with E-state index in [9.17, 15) is 9.59 Å². The van der Waals surface area contributed by atoms with Crippen molar-refractivity contribution < 1.29 is 14.3 Å². The summed E-state index contributed by atoms with van der Waals surface area (Å²) in [5.41, 5.74) is 2.54. The van der Waals surface area contributed by atoms with Crippen LogP contribution in [0.1, 0.15) is 32.1 Å². The number of hydrogen-bond donors (Lipinski definition) is 2. The van der Waals surface area contributed by atoms with E-state index in [1.54, 1.807) is 12.1 Å². The Morgan fingerprint density at radius 2 is 1.75 bits per heavy atom. The van der Waals surface area contributed by atoms with Gasteiger partial charge in [-0.2, -0.15) is 0 Å². The number of anilines is 3. The molecule has 4 rings (SSSR count). The van der Waals surface area contributed by atoms with Gasteiger partial charge in [0.05, 0.1) is 12.1 Å². The number of carbonyl (C=O) groups excluding carboxylic acids is 2. The largest absolute Gasteiger partial charge is 0.478 e. The third-order valence-corrected chi connectivity index (χ3v) is 5.20. The topological polar surface area (TPSA) is 70.7 Å². The Labute approximate surface area is 164 Å². The summed E-state index contributed by atoms with van der Waals surface area (Å²) in [5.74, 6) is 0.0362. The number of hydrogen-bond acceptors (Lipinski definition) is 4. The van der Waals surface area contributed by atoms with Gasteiger partial charge in [-0.3, -0.25) is 9.59 Å². The molecule has 1 fully saturated rings. The Balaban J connectivity index is 1.34. The zero-order chi connectivity index (χ0) is 19.3. The first-order chi connectivity index (χ1) is 13.7. The maximum absolute atomic E-state index is 12.4. The van der Waals surface area contributed by atoms with Crippen LogP contribution in [0, 0.1) is 0 Å². The number of para-hydroxylation sites is 2. The van der Waals surface area contributed by atoms with Crippen LogP contribution < -0.4 is 20.3 Å². The van der Waals surface area contributed by atoms with Crippen LogP contribution in [0.2, 0.25) is 0 Å². The molecule has 28 heavy (non-hydrogen) atoms. The second kappa shape index (κ2) is 8.33. The molecule has 2 aromatic rings. The predicted molar refractivity (Wildman–Crippen MR) is 110 cm³/mol. The molecule has 1 saturated heterocycles. The Kier molecular flexibility index (Phi) is 5.46. The molecule has 6 heteroatoms. The Morgan fingerprint density at radius 1 is 1.04 bits per heavy atom. The van der Waals surface area contributed by atoms with Crippen molar-refractivity contribution in [1.82, 2.24) is 0 Å². The van der Waals surface area contributed by atoms with Gasteiger partial charge >= 0.3 is 0 Å². The van der Waals surface area contributed by atoms with Gasteiger partial charge in [0.25, 0.3) is 5.91 Å². The van der Waals surface area contributed by atoms with Crippen LogP contribution >= 0.6 is 0 Å². The average Bonchev–Trinajstić information content (AvgIpc) is 2.99. The first-order valence-corrected chi connectivity index (χ1v) is 9.90. The van der Waals surface area contributed by atoms with Gasteiger partial charge in [0, 0.05) is 24.5 Å². The highest BCUT2D eigenvalue weighted by molar-refractivity contribution is 6.02. The van der Waals surface area contributed by atoms with E-state index >= 15 is 0 Å². The van der Waals surface area contributed by atoms with Crippen LogP contribution in [-0.4, -0.2) is 31.0 Å². The van der Waals surface area contributed by atoms with Crippen molar-refractivity contribution in [3.8, 4) is 5.75 Å². The second-order valence-electron chi connectivity index (χ2n) is 7.29.